The van der Waals surface area contributed by atoms with Gasteiger partial charge in [0.2, 0.25) is 0 Å². The Bertz CT molecular complexity index is 797. The van der Waals surface area contributed by atoms with Gasteiger partial charge in [0.15, 0.2) is 0 Å². The number of fused-ring (bicyclic) bond motifs is 1. The van der Waals surface area contributed by atoms with E-state index >= 15 is 0 Å². The summed E-state index contributed by atoms with van der Waals surface area (Å²) < 4.78 is 5.64. The maximum atomic E-state index is 12.4. The van der Waals surface area contributed by atoms with Crippen molar-refractivity contribution < 1.29 is 14.3 Å². The van der Waals surface area contributed by atoms with E-state index in [2.05, 4.69) is 10.3 Å². The van der Waals surface area contributed by atoms with E-state index < -0.39 is 0 Å². The molecule has 1 amide bonds. The summed E-state index contributed by atoms with van der Waals surface area (Å²) in [5.74, 6) is 1.21. The van der Waals surface area contributed by atoms with E-state index in [0.717, 1.165) is 31.3 Å². The van der Waals surface area contributed by atoms with Gasteiger partial charge >= 0.3 is 0 Å². The smallest absolute Gasteiger partial charge is 0.270 e. The highest BCUT2D eigenvalue weighted by atomic mass is 16.5. The number of amides is 1. The Morgan fingerprint density at radius 2 is 2.04 bits per heavy atom. The standard InChI is InChI=1S/C20H20N2O3/c23-11-14-3-4-15-8-17(9-16(15)7-14)22-20(24)19-6-5-18(10-21-19)25-12-13-1-2-13/h3-7,10-11,13,17H,1-2,8-9,12H2,(H,22,24)/t17-/m1/s1. The molecule has 1 aromatic heterocycles. The molecule has 0 spiro atoms. The zero-order valence-electron chi connectivity index (χ0n) is 13.9. The van der Waals surface area contributed by atoms with Gasteiger partial charge in [0.1, 0.15) is 17.7 Å². The third-order valence-corrected chi connectivity index (χ3v) is 4.79. The van der Waals surface area contributed by atoms with Gasteiger partial charge in [-0.25, -0.2) is 4.98 Å². The molecular formula is C20H20N2O3. The highest BCUT2D eigenvalue weighted by Crippen LogP contribution is 2.29. The molecule has 0 aliphatic heterocycles. The summed E-state index contributed by atoms with van der Waals surface area (Å²) in [4.78, 5) is 27.5. The average molecular weight is 336 g/mol. The molecule has 0 saturated heterocycles. The number of carbonyl (C=O) groups excluding carboxylic acids is 2. The number of aromatic nitrogens is 1. The van der Waals surface area contributed by atoms with Gasteiger partial charge in [-0.05, 0) is 60.9 Å². The largest absolute Gasteiger partial charge is 0.492 e. The SMILES string of the molecule is O=Cc1ccc2c(c1)C[C@H](NC(=O)c1ccc(OCC3CC3)cn1)C2. The topological polar surface area (TPSA) is 68.3 Å². The van der Waals surface area contributed by atoms with E-state index in [0.29, 0.717) is 22.9 Å². The first-order valence-corrected chi connectivity index (χ1v) is 8.68. The molecule has 1 N–H and O–H groups in total. The van der Waals surface area contributed by atoms with Gasteiger partial charge in [-0.15, -0.1) is 0 Å². The van der Waals surface area contributed by atoms with Crippen LogP contribution < -0.4 is 10.1 Å². The lowest BCUT2D eigenvalue weighted by Gasteiger charge is -2.12. The lowest BCUT2D eigenvalue weighted by molar-refractivity contribution is 0.0933. The number of hydrogen-bond acceptors (Lipinski definition) is 4. The van der Waals surface area contributed by atoms with Crippen LogP contribution in [-0.2, 0) is 12.8 Å². The third-order valence-electron chi connectivity index (χ3n) is 4.79. The monoisotopic (exact) mass is 336 g/mol. The van der Waals surface area contributed by atoms with Crippen molar-refractivity contribution in [1.82, 2.24) is 10.3 Å². The van der Waals surface area contributed by atoms with Gasteiger partial charge in [0.25, 0.3) is 5.91 Å². The van der Waals surface area contributed by atoms with Crippen molar-refractivity contribution in [2.75, 3.05) is 6.61 Å². The molecule has 25 heavy (non-hydrogen) atoms. The Labute approximate surface area is 146 Å². The molecule has 5 nitrogen and oxygen atoms in total. The Hall–Kier alpha value is -2.69. The molecule has 1 heterocycles. The minimum Gasteiger partial charge on any atom is -0.492 e. The van der Waals surface area contributed by atoms with E-state index in [1.54, 1.807) is 18.3 Å². The summed E-state index contributed by atoms with van der Waals surface area (Å²) >= 11 is 0. The van der Waals surface area contributed by atoms with Crippen molar-refractivity contribution in [2.24, 2.45) is 5.92 Å². The van der Waals surface area contributed by atoms with Gasteiger partial charge in [0.05, 0.1) is 12.8 Å². The number of benzene rings is 1. The van der Waals surface area contributed by atoms with E-state index in [1.165, 1.54) is 18.4 Å². The number of aldehydes is 1. The molecule has 0 radical (unpaired) electrons. The number of rotatable bonds is 6. The Morgan fingerprint density at radius 1 is 1.20 bits per heavy atom. The lowest BCUT2D eigenvalue weighted by Crippen LogP contribution is -2.35. The number of nitrogens with one attached hydrogen (secondary N) is 1. The lowest BCUT2D eigenvalue weighted by atomic mass is 10.1. The summed E-state index contributed by atoms with van der Waals surface area (Å²) in [6, 6.07) is 9.22. The Balaban J connectivity index is 1.34. The van der Waals surface area contributed by atoms with E-state index in [1.807, 2.05) is 18.2 Å². The first kappa shape index (κ1) is 15.8. The first-order chi connectivity index (χ1) is 12.2. The average Bonchev–Trinajstić information content (AvgIpc) is 3.38. The first-order valence-electron chi connectivity index (χ1n) is 8.68. The molecule has 128 valence electrons. The summed E-state index contributed by atoms with van der Waals surface area (Å²) in [5, 5.41) is 3.03. The van der Waals surface area contributed by atoms with Crippen molar-refractivity contribution in [1.29, 1.82) is 0 Å². The van der Waals surface area contributed by atoms with Gasteiger partial charge in [0, 0.05) is 11.6 Å². The van der Waals surface area contributed by atoms with Crippen LogP contribution in [-0.4, -0.2) is 29.8 Å². The second-order valence-corrected chi connectivity index (χ2v) is 6.86. The number of hydrogen-bond donors (Lipinski definition) is 1. The molecule has 1 atom stereocenters. The molecule has 2 aliphatic rings. The quantitative estimate of drug-likeness (QED) is 0.823. The number of carbonyl (C=O) groups is 2. The minimum atomic E-state index is -0.179. The van der Waals surface area contributed by atoms with Crippen LogP contribution in [0.3, 0.4) is 0 Å². The predicted octanol–water partition coefficient (Wildman–Crippen LogP) is 2.58. The summed E-state index contributed by atoms with van der Waals surface area (Å²) in [5.41, 5.74) is 3.39. The molecule has 1 aromatic carbocycles. The van der Waals surface area contributed by atoms with Crippen LogP contribution in [0.15, 0.2) is 36.5 Å². The maximum absolute atomic E-state index is 12.4. The van der Waals surface area contributed by atoms with E-state index in [-0.39, 0.29) is 11.9 Å². The molecular weight excluding hydrogens is 316 g/mol. The van der Waals surface area contributed by atoms with Crippen LogP contribution in [0, 0.1) is 5.92 Å². The van der Waals surface area contributed by atoms with Crippen LogP contribution in [0.4, 0.5) is 0 Å². The zero-order chi connectivity index (χ0) is 17.2. The fourth-order valence-electron chi connectivity index (χ4n) is 3.17. The van der Waals surface area contributed by atoms with Gasteiger partial charge in [-0.2, -0.15) is 0 Å². The number of nitrogens with zero attached hydrogens (tertiary/aromatic N) is 1. The minimum absolute atomic E-state index is 0.0389. The molecule has 0 unspecified atom stereocenters. The molecule has 4 rings (SSSR count). The van der Waals surface area contributed by atoms with Crippen LogP contribution in [0.25, 0.3) is 0 Å². The molecule has 0 bridgehead atoms. The summed E-state index contributed by atoms with van der Waals surface area (Å²) in [6.45, 7) is 0.732. The maximum Gasteiger partial charge on any atom is 0.270 e. The molecule has 1 saturated carbocycles. The molecule has 2 aromatic rings. The van der Waals surface area contributed by atoms with Gasteiger partial charge in [-0.3, -0.25) is 9.59 Å². The van der Waals surface area contributed by atoms with Crippen LogP contribution >= 0.6 is 0 Å². The molecule has 2 aliphatic carbocycles. The molecule has 5 heteroatoms. The second-order valence-electron chi connectivity index (χ2n) is 6.86. The predicted molar refractivity (Wildman–Crippen MR) is 92.9 cm³/mol. The Kier molecular flexibility index (Phi) is 4.22. The van der Waals surface area contributed by atoms with Crippen molar-refractivity contribution >= 4 is 12.2 Å². The van der Waals surface area contributed by atoms with Crippen molar-refractivity contribution in [3.8, 4) is 5.75 Å². The van der Waals surface area contributed by atoms with Crippen molar-refractivity contribution in [2.45, 2.75) is 31.7 Å². The molecule has 1 fully saturated rings. The van der Waals surface area contributed by atoms with E-state index in [4.69, 9.17) is 4.74 Å². The fraction of sp³-hybridized carbons (Fsp3) is 0.350. The van der Waals surface area contributed by atoms with E-state index in [9.17, 15) is 9.59 Å². The van der Waals surface area contributed by atoms with Crippen LogP contribution in [0.2, 0.25) is 0 Å². The fourth-order valence-corrected chi connectivity index (χ4v) is 3.17. The van der Waals surface area contributed by atoms with Gasteiger partial charge in [-0.1, -0.05) is 12.1 Å². The number of pyridine rings is 1. The van der Waals surface area contributed by atoms with Crippen LogP contribution in [0.5, 0.6) is 5.75 Å². The van der Waals surface area contributed by atoms with Crippen molar-refractivity contribution in [3.05, 3.63) is 58.9 Å². The second kappa shape index (κ2) is 6.67. The highest BCUT2D eigenvalue weighted by Gasteiger charge is 2.24. The van der Waals surface area contributed by atoms with Crippen LogP contribution in [0.1, 0.15) is 44.8 Å². The zero-order valence-corrected chi connectivity index (χ0v) is 13.9. The number of ether oxygens (including phenoxy) is 1. The summed E-state index contributed by atoms with van der Waals surface area (Å²) in [6.07, 6.45) is 6.46. The Morgan fingerprint density at radius 3 is 2.76 bits per heavy atom. The third kappa shape index (κ3) is 3.71. The normalized spacial score (nSPS) is 18.5. The highest BCUT2D eigenvalue weighted by molar-refractivity contribution is 5.92. The summed E-state index contributed by atoms with van der Waals surface area (Å²) in [7, 11) is 0. The van der Waals surface area contributed by atoms with Crippen molar-refractivity contribution in [3.63, 3.8) is 0 Å². The van der Waals surface area contributed by atoms with Gasteiger partial charge < -0.3 is 10.1 Å².